The number of carbonyl (C=O) groups excluding carboxylic acids is 2. The Morgan fingerprint density at radius 2 is 1.48 bits per heavy atom. The first-order chi connectivity index (χ1) is 22.8. The summed E-state index contributed by atoms with van der Waals surface area (Å²) < 4.78 is 44.2. The largest absolute Gasteiger partial charge is 0.507 e. The van der Waals surface area contributed by atoms with Crippen molar-refractivity contribution in [1.29, 1.82) is 0 Å². The summed E-state index contributed by atoms with van der Waals surface area (Å²) in [5.74, 6) is -1.33. The lowest BCUT2D eigenvalue weighted by Crippen LogP contribution is -2.62. The Bertz CT molecular complexity index is 1670. The number of phenolic OH excluding ortho intramolecular Hbond substituents is 1. The smallest absolute Gasteiger partial charge is 0.303 e. The van der Waals surface area contributed by atoms with Crippen LogP contribution in [-0.4, -0.2) is 113 Å². The molecule has 2 saturated heterocycles. The molecule has 1 aromatic heterocycles. The molecule has 2 aliphatic rings. The monoisotopic (exact) mass is 676 g/mol. The number of aromatic hydroxyl groups is 1. The highest BCUT2D eigenvalue weighted by Gasteiger charge is 2.50. The first-order valence-corrected chi connectivity index (χ1v) is 14.9. The second kappa shape index (κ2) is 14.4. The number of hydrogen-bond acceptors (Lipinski definition) is 16. The molecular formula is C32H36O16. The van der Waals surface area contributed by atoms with Crippen molar-refractivity contribution in [1.82, 2.24) is 0 Å². The topological polar surface area (TPSA) is 230 Å². The second-order valence-corrected chi connectivity index (χ2v) is 11.3. The maximum Gasteiger partial charge on any atom is 0.303 e. The zero-order valence-electron chi connectivity index (χ0n) is 26.2. The molecule has 260 valence electrons. The van der Waals surface area contributed by atoms with E-state index in [1.807, 2.05) is 0 Å². The van der Waals surface area contributed by atoms with E-state index in [-0.39, 0.29) is 22.5 Å². The van der Waals surface area contributed by atoms with E-state index in [1.54, 1.807) is 24.3 Å². The molecule has 3 aromatic rings. The van der Waals surface area contributed by atoms with Crippen molar-refractivity contribution in [2.24, 2.45) is 0 Å². The van der Waals surface area contributed by atoms with Crippen molar-refractivity contribution in [3.05, 3.63) is 52.7 Å². The molecule has 0 aliphatic carbocycles. The van der Waals surface area contributed by atoms with Crippen molar-refractivity contribution in [2.75, 3.05) is 13.7 Å². The molecule has 0 saturated carbocycles. The fourth-order valence-corrected chi connectivity index (χ4v) is 5.48. The number of methoxy groups -OCH3 is 1. The second-order valence-electron chi connectivity index (χ2n) is 11.3. The summed E-state index contributed by atoms with van der Waals surface area (Å²) in [6, 6.07) is 10.3. The molecule has 2 fully saturated rings. The van der Waals surface area contributed by atoms with E-state index in [0.29, 0.717) is 11.3 Å². The Hall–Kier alpha value is -4.29. The normalized spacial score (nSPS) is 30.4. The predicted octanol–water partition coefficient (Wildman–Crippen LogP) is 0.346. The summed E-state index contributed by atoms with van der Waals surface area (Å²) in [6.45, 7) is 3.19. The number of hydrogen-bond donors (Lipinski definition) is 5. The van der Waals surface area contributed by atoms with Crippen LogP contribution in [0.5, 0.6) is 17.2 Å². The van der Waals surface area contributed by atoms with Gasteiger partial charge in [-0.25, -0.2) is 0 Å². The lowest BCUT2D eigenvalue weighted by atomic mass is 9.98. The minimum atomic E-state index is -1.81. The van der Waals surface area contributed by atoms with Crippen LogP contribution in [0.4, 0.5) is 0 Å². The number of aliphatic hydroxyl groups is 4. The summed E-state index contributed by atoms with van der Waals surface area (Å²) in [5.41, 5.74) is -0.0421. The summed E-state index contributed by atoms with van der Waals surface area (Å²) >= 11 is 0. The van der Waals surface area contributed by atoms with Crippen molar-refractivity contribution >= 4 is 22.9 Å². The summed E-state index contributed by atoms with van der Waals surface area (Å²) in [5, 5.41) is 53.3. The standard InChI is InChI=1S/C32H36O16/c1-13-29(44-14(2)33)28(40)30(45-15(3)34)32(43-13)42-12-23-25(37)26(38)27(39)31(48-23)46-18-9-19(35)24-20(36)11-21(47-22(24)10-18)16-5-7-17(41-4)8-6-16/h5-11,13,23,25-32,35,37-40H,12H2,1-4H3. The zero-order valence-corrected chi connectivity index (χ0v) is 26.2. The summed E-state index contributed by atoms with van der Waals surface area (Å²) in [6.07, 6.45) is -14.8. The van der Waals surface area contributed by atoms with Gasteiger partial charge >= 0.3 is 11.9 Å². The van der Waals surface area contributed by atoms with Crippen molar-refractivity contribution in [3.63, 3.8) is 0 Å². The van der Waals surface area contributed by atoms with Gasteiger partial charge < -0.3 is 63.1 Å². The molecule has 2 aromatic carbocycles. The highest BCUT2D eigenvalue weighted by atomic mass is 16.7. The average molecular weight is 677 g/mol. The molecule has 0 radical (unpaired) electrons. The van der Waals surface area contributed by atoms with E-state index in [4.69, 9.17) is 37.6 Å². The minimum absolute atomic E-state index is 0.0558. The Kier molecular flexibility index (Phi) is 10.5. The molecule has 48 heavy (non-hydrogen) atoms. The quantitative estimate of drug-likeness (QED) is 0.193. The van der Waals surface area contributed by atoms with Crippen LogP contribution in [0.2, 0.25) is 0 Å². The van der Waals surface area contributed by atoms with Gasteiger partial charge in [0.2, 0.25) is 6.29 Å². The highest BCUT2D eigenvalue weighted by Crippen LogP contribution is 2.34. The van der Waals surface area contributed by atoms with Gasteiger partial charge in [0.25, 0.3) is 0 Å². The van der Waals surface area contributed by atoms with Crippen LogP contribution in [0, 0.1) is 0 Å². The number of carbonyl (C=O) groups is 2. The summed E-state index contributed by atoms with van der Waals surface area (Å²) in [7, 11) is 1.51. The van der Waals surface area contributed by atoms with Crippen LogP contribution < -0.4 is 14.9 Å². The Morgan fingerprint density at radius 3 is 2.12 bits per heavy atom. The number of esters is 2. The number of phenols is 1. The van der Waals surface area contributed by atoms with E-state index < -0.39 is 91.1 Å². The first-order valence-electron chi connectivity index (χ1n) is 14.9. The van der Waals surface area contributed by atoms with E-state index >= 15 is 0 Å². The van der Waals surface area contributed by atoms with Gasteiger partial charge in [-0.05, 0) is 31.2 Å². The van der Waals surface area contributed by atoms with E-state index in [2.05, 4.69) is 0 Å². The molecule has 0 amide bonds. The van der Waals surface area contributed by atoms with Gasteiger partial charge in [0.05, 0.1) is 19.8 Å². The highest BCUT2D eigenvalue weighted by molar-refractivity contribution is 5.86. The van der Waals surface area contributed by atoms with Crippen LogP contribution >= 0.6 is 0 Å². The molecule has 16 nitrogen and oxygen atoms in total. The van der Waals surface area contributed by atoms with Gasteiger partial charge in [0.1, 0.15) is 64.5 Å². The molecular weight excluding hydrogens is 640 g/mol. The van der Waals surface area contributed by atoms with Gasteiger partial charge in [-0.15, -0.1) is 0 Å². The van der Waals surface area contributed by atoms with E-state index in [9.17, 15) is 39.9 Å². The Labute approximate surface area is 272 Å². The van der Waals surface area contributed by atoms with Crippen LogP contribution in [0.3, 0.4) is 0 Å². The number of fused-ring (bicyclic) bond motifs is 1. The molecule has 0 spiro atoms. The molecule has 5 N–H and O–H groups in total. The van der Waals surface area contributed by atoms with E-state index in [1.165, 1.54) is 26.2 Å². The van der Waals surface area contributed by atoms with Gasteiger partial charge in [0.15, 0.2) is 23.9 Å². The predicted molar refractivity (Wildman–Crippen MR) is 161 cm³/mol. The number of rotatable bonds is 9. The van der Waals surface area contributed by atoms with Crippen molar-refractivity contribution in [2.45, 2.75) is 82.2 Å². The molecule has 10 atom stereocenters. The van der Waals surface area contributed by atoms with Gasteiger partial charge in [-0.1, -0.05) is 0 Å². The number of aliphatic hydroxyl groups excluding tert-OH is 4. The number of ether oxygens (including phenoxy) is 7. The average Bonchev–Trinajstić information content (AvgIpc) is 3.03. The molecule has 5 rings (SSSR count). The van der Waals surface area contributed by atoms with Gasteiger partial charge in [-0.2, -0.15) is 0 Å². The SMILES string of the molecule is COc1ccc(-c2cc(=O)c3c(O)cc(OC4OC(COC5OC(C)C(OC(C)=O)C(O)C5OC(C)=O)C(O)C(O)C4O)cc3o2)cc1. The van der Waals surface area contributed by atoms with Crippen LogP contribution in [0.15, 0.2) is 51.7 Å². The fraction of sp³-hybridized carbons (Fsp3) is 0.469. The maximum atomic E-state index is 12.9. The fourth-order valence-electron chi connectivity index (χ4n) is 5.48. The molecule has 10 unspecified atom stereocenters. The first kappa shape index (κ1) is 35.0. The lowest BCUT2D eigenvalue weighted by Gasteiger charge is -2.43. The lowest BCUT2D eigenvalue weighted by molar-refractivity contribution is -0.320. The summed E-state index contributed by atoms with van der Waals surface area (Å²) in [4.78, 5) is 36.2. The third kappa shape index (κ3) is 7.39. The third-order valence-electron chi connectivity index (χ3n) is 7.86. The molecule has 0 bridgehead atoms. The van der Waals surface area contributed by atoms with Gasteiger partial charge in [0, 0.05) is 37.6 Å². The minimum Gasteiger partial charge on any atom is -0.507 e. The van der Waals surface area contributed by atoms with Crippen LogP contribution in [-0.2, 0) is 33.3 Å². The Morgan fingerprint density at radius 1 is 0.812 bits per heavy atom. The van der Waals surface area contributed by atoms with Crippen molar-refractivity contribution in [3.8, 4) is 28.6 Å². The number of benzene rings is 2. The van der Waals surface area contributed by atoms with E-state index in [0.717, 1.165) is 19.9 Å². The third-order valence-corrected chi connectivity index (χ3v) is 7.86. The van der Waals surface area contributed by atoms with Gasteiger partial charge in [-0.3, -0.25) is 14.4 Å². The molecule has 16 heteroatoms. The zero-order chi connectivity index (χ0) is 34.9. The van der Waals surface area contributed by atoms with Crippen LogP contribution in [0.25, 0.3) is 22.3 Å². The molecule has 2 aliphatic heterocycles. The maximum absolute atomic E-state index is 12.9. The van der Waals surface area contributed by atoms with Crippen molar-refractivity contribution < 1.29 is 72.7 Å². The Balaban J connectivity index is 1.34. The molecule has 3 heterocycles. The van der Waals surface area contributed by atoms with Crippen LogP contribution in [0.1, 0.15) is 20.8 Å².